The summed E-state index contributed by atoms with van der Waals surface area (Å²) in [5, 5.41) is 27.9. The summed E-state index contributed by atoms with van der Waals surface area (Å²) in [4.78, 5) is 0. The Hall–Kier alpha value is -0.135. The minimum absolute atomic E-state index is 0.0140. The summed E-state index contributed by atoms with van der Waals surface area (Å²) in [5.74, 6) is -0.0140. The molecule has 3 N–H and O–H groups in total. The molecule has 0 aromatic carbocycles. The molecule has 0 unspecified atom stereocenters. The zero-order valence-electron chi connectivity index (χ0n) is 8.18. The maximum atomic E-state index is 9.32. The number of aliphatic hydroxyl groups excluding tert-OH is 2. The van der Waals surface area contributed by atoms with E-state index in [9.17, 15) is 5.02 Å². The lowest BCUT2D eigenvalue weighted by Gasteiger charge is -2.23. The number of hydrogen-bond acceptors (Lipinski definition) is 5. The summed E-state index contributed by atoms with van der Waals surface area (Å²) in [6.45, 7) is 4.08. The molecular weight excluding hydrogens is 173 g/mol. The van der Waals surface area contributed by atoms with Crippen molar-refractivity contribution in [3.05, 3.63) is 0 Å². The predicted molar refractivity (Wildman–Crippen MR) is 49.9 cm³/mol. The zero-order valence-corrected chi connectivity index (χ0v) is 8.18. The Bertz CT molecular complexity index is 119. The van der Waals surface area contributed by atoms with Crippen molar-refractivity contribution >= 4 is 7.12 Å². The first-order valence-corrected chi connectivity index (χ1v) is 4.43. The van der Waals surface area contributed by atoms with Crippen LogP contribution in [0.1, 0.15) is 13.8 Å². The molecular formula is C7H18BNO4. The molecule has 0 heterocycles. The second-order valence-corrected chi connectivity index (χ2v) is 3.12. The van der Waals surface area contributed by atoms with Crippen LogP contribution in [0.15, 0.2) is 0 Å². The lowest BCUT2D eigenvalue weighted by molar-refractivity contribution is -0.0941. The molecule has 0 bridgehead atoms. The van der Waals surface area contributed by atoms with Crippen LogP contribution in [-0.4, -0.2) is 53.7 Å². The Balaban J connectivity index is 3.78. The van der Waals surface area contributed by atoms with Gasteiger partial charge in [-0.05, 0) is 5.82 Å². The van der Waals surface area contributed by atoms with Crippen LogP contribution in [0, 0.1) is 0 Å². The quantitative estimate of drug-likeness (QED) is 0.359. The minimum atomic E-state index is -0.891. The first-order chi connectivity index (χ1) is 6.11. The highest BCUT2D eigenvalue weighted by Gasteiger charge is 2.21. The average molecular weight is 191 g/mol. The van der Waals surface area contributed by atoms with Crippen molar-refractivity contribution in [2.45, 2.75) is 19.7 Å². The van der Waals surface area contributed by atoms with Crippen LogP contribution in [-0.2, 0) is 4.76 Å². The van der Waals surface area contributed by atoms with Gasteiger partial charge >= 0.3 is 7.12 Å². The van der Waals surface area contributed by atoms with Gasteiger partial charge in [-0.1, -0.05) is 13.8 Å². The van der Waals surface area contributed by atoms with E-state index < -0.39 is 7.12 Å². The normalized spacial score (nSPS) is 11.3. The van der Waals surface area contributed by atoms with Crippen LogP contribution in [0.25, 0.3) is 0 Å². The van der Waals surface area contributed by atoms with Crippen LogP contribution in [0.5, 0.6) is 0 Å². The smallest absolute Gasteiger partial charge is 0.426 e. The molecule has 0 aliphatic heterocycles. The molecule has 0 amide bonds. The van der Waals surface area contributed by atoms with Gasteiger partial charge in [0, 0.05) is 13.1 Å². The minimum Gasteiger partial charge on any atom is -0.426 e. The third kappa shape index (κ3) is 6.01. The lowest BCUT2D eigenvalue weighted by atomic mass is 9.75. The van der Waals surface area contributed by atoms with Gasteiger partial charge in [0.2, 0.25) is 0 Å². The van der Waals surface area contributed by atoms with E-state index in [1.807, 2.05) is 13.8 Å². The van der Waals surface area contributed by atoms with E-state index in [2.05, 4.69) is 0 Å². The van der Waals surface area contributed by atoms with Gasteiger partial charge in [0.25, 0.3) is 0 Å². The van der Waals surface area contributed by atoms with Crippen molar-refractivity contribution in [3.63, 3.8) is 0 Å². The van der Waals surface area contributed by atoms with Crippen molar-refractivity contribution in [1.82, 2.24) is 5.06 Å². The third-order valence-electron chi connectivity index (χ3n) is 1.53. The summed E-state index contributed by atoms with van der Waals surface area (Å²) in [6, 6.07) is 0. The standard InChI is InChI=1S/C7H18BNO4/c1-7(2)8(12)13-9(3-5-10)4-6-11/h7,10-12H,3-6H2,1-2H3. The molecule has 5 nitrogen and oxygen atoms in total. The van der Waals surface area contributed by atoms with E-state index in [1.54, 1.807) is 0 Å². The highest BCUT2D eigenvalue weighted by Crippen LogP contribution is 2.07. The first kappa shape index (κ1) is 12.9. The molecule has 6 heteroatoms. The van der Waals surface area contributed by atoms with Crippen LogP contribution in [0.3, 0.4) is 0 Å². The Morgan fingerprint density at radius 3 is 2.00 bits per heavy atom. The van der Waals surface area contributed by atoms with Crippen molar-refractivity contribution in [1.29, 1.82) is 0 Å². The third-order valence-corrected chi connectivity index (χ3v) is 1.53. The second-order valence-electron chi connectivity index (χ2n) is 3.12. The highest BCUT2D eigenvalue weighted by molar-refractivity contribution is 6.44. The van der Waals surface area contributed by atoms with Gasteiger partial charge < -0.3 is 20.0 Å². The summed E-state index contributed by atoms with van der Waals surface area (Å²) < 4.78 is 5.06. The first-order valence-electron chi connectivity index (χ1n) is 4.43. The summed E-state index contributed by atoms with van der Waals surface area (Å²) >= 11 is 0. The van der Waals surface area contributed by atoms with Crippen molar-refractivity contribution < 1.29 is 20.0 Å². The lowest BCUT2D eigenvalue weighted by Crippen LogP contribution is -2.37. The van der Waals surface area contributed by atoms with Crippen LogP contribution < -0.4 is 0 Å². The van der Waals surface area contributed by atoms with E-state index in [0.717, 1.165) is 0 Å². The number of hydroxylamine groups is 2. The van der Waals surface area contributed by atoms with Crippen molar-refractivity contribution in [3.8, 4) is 0 Å². The maximum absolute atomic E-state index is 9.32. The molecule has 0 fully saturated rings. The van der Waals surface area contributed by atoms with Gasteiger partial charge in [-0.25, -0.2) is 0 Å². The van der Waals surface area contributed by atoms with Gasteiger partial charge in [0.05, 0.1) is 13.2 Å². The fourth-order valence-electron chi connectivity index (χ4n) is 0.715. The fourth-order valence-corrected chi connectivity index (χ4v) is 0.715. The van der Waals surface area contributed by atoms with Gasteiger partial charge in [-0.15, -0.1) is 0 Å². The number of rotatable bonds is 7. The molecule has 0 rings (SSSR count). The molecule has 13 heavy (non-hydrogen) atoms. The van der Waals surface area contributed by atoms with E-state index in [1.165, 1.54) is 5.06 Å². The van der Waals surface area contributed by atoms with Gasteiger partial charge in [-0.2, -0.15) is 5.06 Å². The number of hydrogen-bond donors (Lipinski definition) is 3. The van der Waals surface area contributed by atoms with E-state index in [0.29, 0.717) is 0 Å². The maximum Gasteiger partial charge on any atom is 0.474 e. The molecule has 0 radical (unpaired) electrons. The van der Waals surface area contributed by atoms with Crippen LogP contribution in [0.4, 0.5) is 0 Å². The van der Waals surface area contributed by atoms with Crippen LogP contribution in [0.2, 0.25) is 5.82 Å². The summed E-state index contributed by atoms with van der Waals surface area (Å²) in [7, 11) is -0.891. The monoisotopic (exact) mass is 191 g/mol. The van der Waals surface area contributed by atoms with Gasteiger partial charge in [0.1, 0.15) is 0 Å². The SMILES string of the molecule is CC(C)B(O)ON(CCO)CCO. The summed E-state index contributed by atoms with van der Waals surface area (Å²) in [6.07, 6.45) is 0. The molecule has 0 atom stereocenters. The number of aliphatic hydroxyl groups is 2. The Morgan fingerprint density at radius 1 is 1.23 bits per heavy atom. The Labute approximate surface area is 79.0 Å². The molecule has 78 valence electrons. The Kier molecular flexibility index (Phi) is 7.21. The topological polar surface area (TPSA) is 73.2 Å². The second kappa shape index (κ2) is 7.29. The van der Waals surface area contributed by atoms with Gasteiger partial charge in [-0.3, -0.25) is 0 Å². The fraction of sp³-hybridized carbons (Fsp3) is 1.00. The van der Waals surface area contributed by atoms with Gasteiger partial charge in [0.15, 0.2) is 0 Å². The van der Waals surface area contributed by atoms with E-state index in [-0.39, 0.29) is 32.1 Å². The molecule has 0 aliphatic carbocycles. The zero-order chi connectivity index (χ0) is 10.3. The van der Waals surface area contributed by atoms with Crippen LogP contribution >= 0.6 is 0 Å². The van der Waals surface area contributed by atoms with Crippen molar-refractivity contribution in [2.24, 2.45) is 0 Å². The number of nitrogens with zero attached hydrogens (tertiary/aromatic N) is 1. The molecule has 0 aliphatic rings. The molecule has 0 saturated heterocycles. The predicted octanol–water partition coefficient (Wildman–Crippen LogP) is -0.905. The molecule has 0 aromatic rings. The molecule has 0 saturated carbocycles. The average Bonchev–Trinajstić information content (AvgIpc) is 2.05. The molecule has 0 spiro atoms. The largest absolute Gasteiger partial charge is 0.474 e. The molecule has 0 aromatic heterocycles. The highest BCUT2D eigenvalue weighted by atomic mass is 16.7. The van der Waals surface area contributed by atoms with E-state index in [4.69, 9.17) is 15.0 Å². The Morgan fingerprint density at radius 2 is 1.69 bits per heavy atom. The van der Waals surface area contributed by atoms with Crippen molar-refractivity contribution in [2.75, 3.05) is 26.3 Å². The summed E-state index contributed by atoms with van der Waals surface area (Å²) in [5.41, 5.74) is 0. The van der Waals surface area contributed by atoms with E-state index >= 15 is 0 Å².